The number of hydrogen-bond donors (Lipinski definition) is 1. The molecule has 0 aliphatic rings. The van der Waals surface area contributed by atoms with Crippen LogP contribution in [0.5, 0.6) is 0 Å². The van der Waals surface area contributed by atoms with Crippen LogP contribution in [0.15, 0.2) is 18.2 Å². The van der Waals surface area contributed by atoms with Crippen molar-refractivity contribution in [1.29, 1.82) is 0 Å². The smallest absolute Gasteiger partial charge is 0.272 e. The Morgan fingerprint density at radius 1 is 1.25 bits per heavy atom. The molecule has 4 heteroatoms. The van der Waals surface area contributed by atoms with E-state index in [1.807, 2.05) is 12.1 Å². The average molecular weight is 278 g/mol. The number of benzene rings is 1. The minimum absolute atomic E-state index is 0.147. The Balaban J connectivity index is 2.49. The predicted octanol–water partition coefficient (Wildman–Crippen LogP) is 4.38. The molecule has 1 rings (SSSR count). The van der Waals surface area contributed by atoms with Crippen LogP contribution in [-0.4, -0.2) is 11.5 Å². The molecular weight excluding hydrogens is 252 g/mol. The summed E-state index contributed by atoms with van der Waals surface area (Å²) in [7, 11) is 0. The molecule has 0 aliphatic carbocycles. The minimum Gasteiger partial charge on any atom is -0.310 e. The summed E-state index contributed by atoms with van der Waals surface area (Å²) in [4.78, 5) is 10.6. The average Bonchev–Trinajstić information content (AvgIpc) is 2.37. The largest absolute Gasteiger partial charge is 0.310 e. The first-order valence-electron chi connectivity index (χ1n) is 7.40. The van der Waals surface area contributed by atoms with Crippen molar-refractivity contribution in [3.8, 4) is 0 Å². The SMILES string of the molecule is Cc1ccc(C(C)NCCCCC(C)C)cc1[N+](=O)[O-]. The van der Waals surface area contributed by atoms with E-state index >= 15 is 0 Å². The van der Waals surface area contributed by atoms with Gasteiger partial charge in [0.2, 0.25) is 0 Å². The van der Waals surface area contributed by atoms with Gasteiger partial charge in [0.15, 0.2) is 0 Å². The summed E-state index contributed by atoms with van der Waals surface area (Å²) in [5.74, 6) is 0.757. The van der Waals surface area contributed by atoms with E-state index in [1.165, 1.54) is 12.8 Å². The fourth-order valence-electron chi connectivity index (χ4n) is 2.21. The number of nitro groups is 1. The maximum Gasteiger partial charge on any atom is 0.272 e. The molecule has 0 amide bonds. The van der Waals surface area contributed by atoms with Gasteiger partial charge in [-0.15, -0.1) is 0 Å². The first-order chi connectivity index (χ1) is 9.41. The molecule has 112 valence electrons. The summed E-state index contributed by atoms with van der Waals surface area (Å²) in [6, 6.07) is 5.62. The number of hydrogen-bond acceptors (Lipinski definition) is 3. The zero-order valence-corrected chi connectivity index (χ0v) is 13.0. The number of unbranched alkanes of at least 4 members (excludes halogenated alkanes) is 1. The van der Waals surface area contributed by atoms with Gasteiger partial charge in [0.05, 0.1) is 4.92 Å². The van der Waals surface area contributed by atoms with Crippen molar-refractivity contribution in [2.75, 3.05) is 6.54 Å². The molecule has 1 N–H and O–H groups in total. The van der Waals surface area contributed by atoms with Gasteiger partial charge in [-0.3, -0.25) is 10.1 Å². The standard InChI is InChI=1S/C16H26N2O2/c1-12(2)7-5-6-10-17-14(4)15-9-8-13(3)16(11-15)18(19)20/h8-9,11-12,14,17H,5-7,10H2,1-4H3. The molecular formula is C16H26N2O2. The lowest BCUT2D eigenvalue weighted by molar-refractivity contribution is -0.385. The van der Waals surface area contributed by atoms with Crippen molar-refractivity contribution < 1.29 is 4.92 Å². The van der Waals surface area contributed by atoms with E-state index in [1.54, 1.807) is 13.0 Å². The summed E-state index contributed by atoms with van der Waals surface area (Å²) in [6.07, 6.45) is 3.63. The molecule has 0 saturated heterocycles. The topological polar surface area (TPSA) is 55.2 Å². The summed E-state index contributed by atoms with van der Waals surface area (Å²) in [5.41, 5.74) is 1.89. The van der Waals surface area contributed by atoms with Gasteiger partial charge < -0.3 is 5.32 Å². The van der Waals surface area contributed by atoms with Crippen molar-refractivity contribution in [3.05, 3.63) is 39.4 Å². The van der Waals surface area contributed by atoms with Crippen molar-refractivity contribution in [3.63, 3.8) is 0 Å². The summed E-state index contributed by atoms with van der Waals surface area (Å²) in [6.45, 7) is 9.25. The molecule has 4 nitrogen and oxygen atoms in total. The lowest BCUT2D eigenvalue weighted by Gasteiger charge is -2.15. The predicted molar refractivity (Wildman–Crippen MR) is 82.9 cm³/mol. The monoisotopic (exact) mass is 278 g/mol. The van der Waals surface area contributed by atoms with Crippen LogP contribution < -0.4 is 5.32 Å². The van der Waals surface area contributed by atoms with Gasteiger partial charge in [0.1, 0.15) is 0 Å². The molecule has 0 bridgehead atoms. The third-order valence-corrected chi connectivity index (χ3v) is 3.59. The quantitative estimate of drug-likeness (QED) is 0.436. The molecule has 0 fully saturated rings. The summed E-state index contributed by atoms with van der Waals surface area (Å²) < 4.78 is 0. The highest BCUT2D eigenvalue weighted by molar-refractivity contribution is 5.43. The van der Waals surface area contributed by atoms with E-state index in [-0.39, 0.29) is 16.7 Å². The zero-order chi connectivity index (χ0) is 15.1. The van der Waals surface area contributed by atoms with Gasteiger partial charge in [0.25, 0.3) is 5.69 Å². The molecule has 0 aliphatic heterocycles. The van der Waals surface area contributed by atoms with Crippen LogP contribution in [0.3, 0.4) is 0 Å². The molecule has 1 aromatic carbocycles. The van der Waals surface area contributed by atoms with E-state index in [2.05, 4.69) is 26.1 Å². The van der Waals surface area contributed by atoms with Crippen molar-refractivity contribution >= 4 is 5.69 Å². The van der Waals surface area contributed by atoms with Crippen LogP contribution >= 0.6 is 0 Å². The lowest BCUT2D eigenvalue weighted by atomic mass is 10.0. The molecule has 1 atom stereocenters. The van der Waals surface area contributed by atoms with Crippen LogP contribution in [-0.2, 0) is 0 Å². The minimum atomic E-state index is -0.311. The number of nitrogens with one attached hydrogen (secondary N) is 1. The van der Waals surface area contributed by atoms with Gasteiger partial charge >= 0.3 is 0 Å². The van der Waals surface area contributed by atoms with Gasteiger partial charge in [0, 0.05) is 17.7 Å². The van der Waals surface area contributed by atoms with E-state index < -0.39 is 0 Å². The van der Waals surface area contributed by atoms with E-state index in [0.717, 1.165) is 24.4 Å². The third kappa shape index (κ3) is 5.29. The van der Waals surface area contributed by atoms with Crippen LogP contribution in [0.2, 0.25) is 0 Å². The zero-order valence-electron chi connectivity index (χ0n) is 13.0. The van der Waals surface area contributed by atoms with Crippen LogP contribution in [0, 0.1) is 23.0 Å². The molecule has 0 saturated carbocycles. The number of nitro benzene ring substituents is 1. The van der Waals surface area contributed by atoms with Gasteiger partial charge in [-0.1, -0.05) is 38.8 Å². The number of rotatable bonds is 8. The Bertz CT molecular complexity index is 444. The molecule has 1 unspecified atom stereocenters. The highest BCUT2D eigenvalue weighted by Crippen LogP contribution is 2.23. The number of nitrogens with zero attached hydrogens (tertiary/aromatic N) is 1. The molecule has 0 aromatic heterocycles. The fraction of sp³-hybridized carbons (Fsp3) is 0.625. The number of aryl methyl sites for hydroxylation is 1. The molecule has 0 heterocycles. The van der Waals surface area contributed by atoms with Crippen LogP contribution in [0.25, 0.3) is 0 Å². The Morgan fingerprint density at radius 2 is 1.95 bits per heavy atom. The Kier molecular flexibility index (Phi) is 6.65. The van der Waals surface area contributed by atoms with Gasteiger partial charge in [-0.05, 0) is 38.3 Å². The molecule has 20 heavy (non-hydrogen) atoms. The molecule has 0 spiro atoms. The van der Waals surface area contributed by atoms with Crippen molar-refractivity contribution in [2.24, 2.45) is 5.92 Å². The van der Waals surface area contributed by atoms with E-state index in [9.17, 15) is 10.1 Å². The van der Waals surface area contributed by atoms with Crippen LogP contribution in [0.4, 0.5) is 5.69 Å². The maximum absolute atomic E-state index is 10.9. The fourth-order valence-corrected chi connectivity index (χ4v) is 2.21. The summed E-state index contributed by atoms with van der Waals surface area (Å²) >= 11 is 0. The van der Waals surface area contributed by atoms with Crippen molar-refractivity contribution in [1.82, 2.24) is 5.32 Å². The van der Waals surface area contributed by atoms with Gasteiger partial charge in [-0.2, -0.15) is 0 Å². The molecule has 1 aromatic rings. The maximum atomic E-state index is 10.9. The van der Waals surface area contributed by atoms with Crippen molar-refractivity contribution in [2.45, 2.75) is 53.0 Å². The van der Waals surface area contributed by atoms with E-state index in [0.29, 0.717) is 5.56 Å². The second-order valence-corrected chi connectivity index (χ2v) is 5.87. The van der Waals surface area contributed by atoms with Crippen LogP contribution in [0.1, 0.15) is 57.2 Å². The first-order valence-corrected chi connectivity index (χ1v) is 7.40. The first kappa shape index (κ1) is 16.6. The Labute approximate surface area is 121 Å². The third-order valence-electron chi connectivity index (χ3n) is 3.59. The highest BCUT2D eigenvalue weighted by Gasteiger charge is 2.13. The molecule has 0 radical (unpaired) electrons. The van der Waals surface area contributed by atoms with Gasteiger partial charge in [-0.25, -0.2) is 0 Å². The Hall–Kier alpha value is -1.42. The normalized spacial score (nSPS) is 12.7. The second kappa shape index (κ2) is 8.00. The Morgan fingerprint density at radius 3 is 2.55 bits per heavy atom. The summed E-state index contributed by atoms with van der Waals surface area (Å²) in [5, 5.41) is 14.4. The lowest BCUT2D eigenvalue weighted by Crippen LogP contribution is -2.20. The highest BCUT2D eigenvalue weighted by atomic mass is 16.6. The van der Waals surface area contributed by atoms with E-state index in [4.69, 9.17) is 0 Å². The second-order valence-electron chi connectivity index (χ2n) is 5.87.